The highest BCUT2D eigenvalue weighted by molar-refractivity contribution is 5.94. The molecule has 1 aliphatic rings. The first-order valence-corrected chi connectivity index (χ1v) is 15.2. The maximum absolute atomic E-state index is 13.3. The minimum absolute atomic E-state index is 0.0637. The molecule has 1 fully saturated rings. The van der Waals surface area contributed by atoms with Crippen molar-refractivity contribution in [1.82, 2.24) is 15.5 Å². The lowest BCUT2D eigenvalue weighted by molar-refractivity contribution is 0.0826. The smallest absolute Gasteiger partial charge is 0.251 e. The summed E-state index contributed by atoms with van der Waals surface area (Å²) >= 11 is 0. The average molecular weight is 579 g/mol. The first-order chi connectivity index (χ1) is 20.9. The van der Waals surface area contributed by atoms with Gasteiger partial charge in [0.15, 0.2) is 0 Å². The van der Waals surface area contributed by atoms with E-state index in [-0.39, 0.29) is 11.9 Å². The molecule has 3 atom stereocenters. The molecular formula is C36H42N4O3. The number of phenols is 1. The van der Waals surface area contributed by atoms with Crippen molar-refractivity contribution in [2.24, 2.45) is 0 Å². The molecule has 1 heterocycles. The molecule has 1 amide bonds. The fraction of sp³-hybridized carbons (Fsp3) is 0.306. The SMILES string of the molecule is C[C@@H](NC[C@@H](O)[C@H](Cc1ccccc1)NC(=O)c1ccc(Nc2ccc(O)c(CN3CCCC3)c2)cc1)c1ccccc1. The second-order valence-electron chi connectivity index (χ2n) is 11.4. The molecule has 0 saturated carbocycles. The van der Waals surface area contributed by atoms with Crippen molar-refractivity contribution in [3.63, 3.8) is 0 Å². The van der Waals surface area contributed by atoms with E-state index in [0.29, 0.717) is 24.3 Å². The number of phenolic OH excluding ortho intramolecular Hbond substituents is 1. The van der Waals surface area contributed by atoms with Crippen LogP contribution in [0.1, 0.15) is 52.9 Å². The van der Waals surface area contributed by atoms with Gasteiger partial charge in [-0.3, -0.25) is 9.69 Å². The van der Waals surface area contributed by atoms with Crippen LogP contribution in [0, 0.1) is 0 Å². The number of carbonyl (C=O) groups excluding carboxylic acids is 1. The van der Waals surface area contributed by atoms with Crippen molar-refractivity contribution in [2.45, 2.75) is 50.9 Å². The van der Waals surface area contributed by atoms with Gasteiger partial charge >= 0.3 is 0 Å². The van der Waals surface area contributed by atoms with Crippen LogP contribution in [-0.4, -0.2) is 52.8 Å². The molecular weight excluding hydrogens is 536 g/mol. The number of likely N-dealkylation sites (tertiary alicyclic amines) is 1. The van der Waals surface area contributed by atoms with Crippen molar-refractivity contribution in [3.8, 4) is 5.75 Å². The van der Waals surface area contributed by atoms with Gasteiger partial charge in [-0.1, -0.05) is 60.7 Å². The zero-order valence-corrected chi connectivity index (χ0v) is 24.7. The number of hydrogen-bond donors (Lipinski definition) is 5. The Morgan fingerprint density at radius 2 is 1.51 bits per heavy atom. The summed E-state index contributed by atoms with van der Waals surface area (Å²) in [7, 11) is 0. The maximum Gasteiger partial charge on any atom is 0.251 e. The Labute approximate surface area is 254 Å². The molecule has 0 bridgehead atoms. The van der Waals surface area contributed by atoms with Crippen LogP contribution >= 0.6 is 0 Å². The second-order valence-corrected chi connectivity index (χ2v) is 11.4. The van der Waals surface area contributed by atoms with Crippen LogP contribution in [-0.2, 0) is 13.0 Å². The van der Waals surface area contributed by atoms with Crippen molar-refractivity contribution >= 4 is 17.3 Å². The highest BCUT2D eigenvalue weighted by Gasteiger charge is 2.23. The quantitative estimate of drug-likeness (QED) is 0.129. The minimum Gasteiger partial charge on any atom is -0.508 e. The summed E-state index contributed by atoms with van der Waals surface area (Å²) in [4.78, 5) is 15.7. The van der Waals surface area contributed by atoms with Crippen molar-refractivity contribution in [1.29, 1.82) is 0 Å². The van der Waals surface area contributed by atoms with Crippen LogP contribution in [0.25, 0.3) is 0 Å². The highest BCUT2D eigenvalue weighted by atomic mass is 16.3. The van der Waals surface area contributed by atoms with E-state index in [1.165, 1.54) is 12.8 Å². The normalized spacial score (nSPS) is 15.5. The molecule has 0 spiro atoms. The predicted octanol–water partition coefficient (Wildman–Crippen LogP) is 5.78. The van der Waals surface area contributed by atoms with Gasteiger partial charge in [-0.05, 0) is 92.9 Å². The molecule has 0 aromatic heterocycles. The molecule has 5 rings (SSSR count). The maximum atomic E-state index is 13.3. The Morgan fingerprint density at radius 3 is 2.21 bits per heavy atom. The minimum atomic E-state index is -0.791. The summed E-state index contributed by atoms with van der Waals surface area (Å²) in [5, 5.41) is 31.4. The Bertz CT molecular complexity index is 1440. The molecule has 224 valence electrons. The molecule has 7 nitrogen and oxygen atoms in total. The number of amides is 1. The monoisotopic (exact) mass is 578 g/mol. The van der Waals surface area contributed by atoms with Gasteiger partial charge in [0.05, 0.1) is 12.1 Å². The lowest BCUT2D eigenvalue weighted by Gasteiger charge is -2.26. The van der Waals surface area contributed by atoms with E-state index >= 15 is 0 Å². The highest BCUT2D eigenvalue weighted by Crippen LogP contribution is 2.27. The van der Waals surface area contributed by atoms with Crippen LogP contribution in [0.5, 0.6) is 5.75 Å². The Hall–Kier alpha value is -4.17. The summed E-state index contributed by atoms with van der Waals surface area (Å²) in [6.07, 6.45) is 2.12. The van der Waals surface area contributed by atoms with Crippen molar-refractivity contribution < 1.29 is 15.0 Å². The molecule has 0 aliphatic carbocycles. The zero-order valence-electron chi connectivity index (χ0n) is 24.7. The largest absolute Gasteiger partial charge is 0.508 e. The molecule has 0 unspecified atom stereocenters. The van der Waals surface area contributed by atoms with Gasteiger partial charge in [-0.15, -0.1) is 0 Å². The van der Waals surface area contributed by atoms with Gasteiger partial charge in [-0.25, -0.2) is 0 Å². The summed E-state index contributed by atoms with van der Waals surface area (Å²) in [5.41, 5.74) is 5.32. The van der Waals surface area contributed by atoms with Crippen LogP contribution in [0.4, 0.5) is 11.4 Å². The van der Waals surface area contributed by atoms with Gasteiger partial charge in [-0.2, -0.15) is 0 Å². The number of nitrogens with zero attached hydrogens (tertiary/aromatic N) is 1. The van der Waals surface area contributed by atoms with Crippen molar-refractivity contribution in [3.05, 3.63) is 125 Å². The Kier molecular flexibility index (Phi) is 10.4. The molecule has 1 saturated heterocycles. The number of carbonyl (C=O) groups is 1. The Balaban J connectivity index is 1.22. The lowest BCUT2D eigenvalue weighted by atomic mass is 10.00. The van der Waals surface area contributed by atoms with Gasteiger partial charge < -0.3 is 26.2 Å². The molecule has 43 heavy (non-hydrogen) atoms. The zero-order chi connectivity index (χ0) is 30.0. The number of rotatable bonds is 13. The number of nitrogens with one attached hydrogen (secondary N) is 3. The molecule has 4 aromatic rings. The number of aliphatic hydroxyl groups excluding tert-OH is 1. The first kappa shape index (κ1) is 30.3. The van der Waals surface area contributed by atoms with E-state index in [9.17, 15) is 15.0 Å². The molecule has 5 N–H and O–H groups in total. The van der Waals surface area contributed by atoms with Crippen LogP contribution < -0.4 is 16.0 Å². The number of benzene rings is 4. The number of anilines is 2. The van der Waals surface area contributed by atoms with Crippen LogP contribution in [0.2, 0.25) is 0 Å². The molecule has 4 aromatic carbocycles. The summed E-state index contributed by atoms with van der Waals surface area (Å²) in [6.45, 7) is 5.26. The van der Waals surface area contributed by atoms with Gasteiger partial charge in [0, 0.05) is 41.6 Å². The fourth-order valence-electron chi connectivity index (χ4n) is 5.55. The van der Waals surface area contributed by atoms with Crippen molar-refractivity contribution in [2.75, 3.05) is 25.0 Å². The summed E-state index contributed by atoms with van der Waals surface area (Å²) in [6, 6.07) is 32.4. The predicted molar refractivity (Wildman–Crippen MR) is 173 cm³/mol. The standard InChI is InChI=1S/C36H42N4O3/c1-26(28-12-6-3-7-13-28)37-24-35(42)33(22-27-10-4-2-5-11-27)39-36(43)29-14-16-31(17-15-29)38-32-18-19-34(41)30(23-32)25-40-20-8-9-21-40/h2-7,10-19,23,26,33,35,37-38,41-42H,8-9,20-22,24-25H2,1H3,(H,39,43)/t26-,33+,35-/m1/s1. The third kappa shape index (κ3) is 8.67. The third-order valence-electron chi connectivity index (χ3n) is 8.12. The van der Waals surface area contributed by atoms with Crippen LogP contribution in [0.15, 0.2) is 103 Å². The first-order valence-electron chi connectivity index (χ1n) is 15.2. The second kappa shape index (κ2) is 14.8. The summed E-state index contributed by atoms with van der Waals surface area (Å²) in [5.74, 6) is 0.0709. The fourth-order valence-corrected chi connectivity index (χ4v) is 5.55. The number of hydrogen-bond acceptors (Lipinski definition) is 6. The third-order valence-corrected chi connectivity index (χ3v) is 8.12. The summed E-state index contributed by atoms with van der Waals surface area (Å²) < 4.78 is 0. The topological polar surface area (TPSA) is 96.9 Å². The molecule has 7 heteroatoms. The number of aromatic hydroxyl groups is 1. The van der Waals surface area contributed by atoms with Gasteiger partial charge in [0.2, 0.25) is 0 Å². The van der Waals surface area contributed by atoms with E-state index in [1.54, 1.807) is 18.2 Å². The molecule has 0 radical (unpaired) electrons. The lowest BCUT2D eigenvalue weighted by Crippen LogP contribution is -2.49. The number of aliphatic hydroxyl groups is 1. The molecule has 1 aliphatic heterocycles. The van der Waals surface area contributed by atoms with Gasteiger partial charge in [0.1, 0.15) is 5.75 Å². The van der Waals surface area contributed by atoms with E-state index < -0.39 is 12.1 Å². The van der Waals surface area contributed by atoms with E-state index in [1.807, 2.05) is 72.8 Å². The van der Waals surface area contributed by atoms with E-state index in [4.69, 9.17) is 0 Å². The Morgan fingerprint density at radius 1 is 0.860 bits per heavy atom. The van der Waals surface area contributed by atoms with E-state index in [2.05, 4.69) is 39.9 Å². The van der Waals surface area contributed by atoms with Crippen LogP contribution in [0.3, 0.4) is 0 Å². The average Bonchev–Trinajstić information content (AvgIpc) is 3.55. The van der Waals surface area contributed by atoms with E-state index in [0.717, 1.165) is 47.7 Å². The van der Waals surface area contributed by atoms with Gasteiger partial charge in [0.25, 0.3) is 5.91 Å².